The van der Waals surface area contributed by atoms with Crippen LogP contribution in [0.5, 0.6) is 0 Å². The minimum absolute atomic E-state index is 0.208. The third kappa shape index (κ3) is 3.16. The van der Waals surface area contributed by atoms with E-state index in [1.807, 2.05) is 12.1 Å². The number of carbonyl (C=O) groups is 2. The van der Waals surface area contributed by atoms with Crippen LogP contribution in [0.2, 0.25) is 5.02 Å². The second kappa shape index (κ2) is 7.37. The Hall–Kier alpha value is -1.81. The molecule has 31 heavy (non-hydrogen) atoms. The lowest BCUT2D eigenvalue weighted by atomic mass is 9.45. The molecule has 7 atom stereocenters. The van der Waals surface area contributed by atoms with Crippen LogP contribution in [0.1, 0.15) is 57.9 Å². The third-order valence-corrected chi connectivity index (χ3v) is 9.88. The summed E-state index contributed by atoms with van der Waals surface area (Å²) >= 11 is 5.76. The highest BCUT2D eigenvalue weighted by Crippen LogP contribution is 2.68. The van der Waals surface area contributed by atoms with Gasteiger partial charge in [0.2, 0.25) is 11.8 Å². The molecule has 3 N–H and O–H groups in total. The quantitative estimate of drug-likeness (QED) is 0.702. The number of benzene rings is 1. The summed E-state index contributed by atoms with van der Waals surface area (Å²) in [5.74, 6) is 3.07. The van der Waals surface area contributed by atoms with Gasteiger partial charge in [0.15, 0.2) is 0 Å². The second-order valence-corrected chi connectivity index (χ2v) is 11.3. The van der Waals surface area contributed by atoms with Crippen molar-refractivity contribution in [3.8, 4) is 0 Å². The van der Waals surface area contributed by atoms with Gasteiger partial charge in [-0.2, -0.15) is 0 Å². The van der Waals surface area contributed by atoms with Crippen LogP contribution in [0.4, 0.5) is 0 Å². The van der Waals surface area contributed by atoms with Gasteiger partial charge in [-0.25, -0.2) is 0 Å². The van der Waals surface area contributed by atoms with Crippen LogP contribution >= 0.6 is 11.6 Å². The number of fused-ring (bicyclic) bond motifs is 1. The summed E-state index contributed by atoms with van der Waals surface area (Å²) < 4.78 is 0. The molecule has 3 saturated carbocycles. The Morgan fingerprint density at radius 2 is 1.90 bits per heavy atom. The summed E-state index contributed by atoms with van der Waals surface area (Å²) in [6.45, 7) is 4.95. The number of primary amides is 1. The van der Waals surface area contributed by atoms with Crippen LogP contribution in [0, 0.1) is 34.5 Å². The Labute approximate surface area is 190 Å². The van der Waals surface area contributed by atoms with E-state index in [0.29, 0.717) is 22.4 Å². The minimum Gasteiger partial charge on any atom is -0.369 e. The van der Waals surface area contributed by atoms with E-state index < -0.39 is 0 Å². The zero-order chi connectivity index (χ0) is 22.0. The summed E-state index contributed by atoms with van der Waals surface area (Å²) in [5, 5.41) is 3.98. The highest BCUT2D eigenvalue weighted by molar-refractivity contribution is 6.31. The molecule has 2 amide bonds. The highest BCUT2D eigenvalue weighted by atomic mass is 35.5. The van der Waals surface area contributed by atoms with Crippen LogP contribution in [-0.2, 0) is 16.0 Å². The van der Waals surface area contributed by atoms with E-state index in [4.69, 9.17) is 17.3 Å². The number of halogens is 1. The van der Waals surface area contributed by atoms with Crippen molar-refractivity contribution in [2.75, 3.05) is 0 Å². The third-order valence-electron chi connectivity index (χ3n) is 9.51. The maximum atomic E-state index is 12.6. The molecule has 2 unspecified atom stereocenters. The van der Waals surface area contributed by atoms with Crippen LogP contribution in [0.25, 0.3) is 0 Å². The Kier molecular flexibility index (Phi) is 5.00. The smallest absolute Gasteiger partial charge is 0.247 e. The van der Waals surface area contributed by atoms with Gasteiger partial charge < -0.3 is 11.1 Å². The largest absolute Gasteiger partial charge is 0.369 e. The van der Waals surface area contributed by atoms with Crippen molar-refractivity contribution in [2.45, 2.75) is 64.8 Å². The molecule has 0 spiro atoms. The molecule has 5 heteroatoms. The first-order valence-electron chi connectivity index (χ1n) is 11.8. The van der Waals surface area contributed by atoms with Gasteiger partial charge in [-0.1, -0.05) is 49.7 Å². The molecule has 7 bridgehead atoms. The highest BCUT2D eigenvalue weighted by Gasteiger charge is 2.63. The number of nitrogens with two attached hydrogens (primary N) is 1. The lowest BCUT2D eigenvalue weighted by Gasteiger charge is -2.62. The monoisotopic (exact) mass is 440 g/mol. The minimum atomic E-state index is -0.363. The lowest BCUT2D eigenvalue weighted by molar-refractivity contribution is -0.129. The standard InChI is InChI=1S/C18H25NO.C8H8ClNO/c1-17-8-7-14-10-3-6-15-18(14,2)9-11(16(20)19-15)13(17)5-4-12(10)17;9-7-4-2-1-3-6(7)5-8(10)11/h9-10,12-15H,3-8H2,1-2H3,(H,19,20);1-4H,5H2,(H2,10,11)/t10-,12-,13?,14+,15?,17-,18+;/m0./s1. The maximum Gasteiger partial charge on any atom is 0.247 e. The summed E-state index contributed by atoms with van der Waals surface area (Å²) in [7, 11) is 0. The van der Waals surface area contributed by atoms with Gasteiger partial charge in [-0.05, 0) is 79.2 Å². The topological polar surface area (TPSA) is 72.2 Å². The maximum absolute atomic E-state index is 12.6. The molecule has 5 aliphatic carbocycles. The number of hydrogen-bond acceptors (Lipinski definition) is 2. The first-order chi connectivity index (χ1) is 14.7. The van der Waals surface area contributed by atoms with Crippen molar-refractivity contribution in [1.82, 2.24) is 5.32 Å². The zero-order valence-electron chi connectivity index (χ0n) is 18.5. The number of nitrogens with one attached hydrogen (secondary N) is 1. The predicted octanol–water partition coefficient (Wildman–Crippen LogP) is 4.65. The van der Waals surface area contributed by atoms with E-state index >= 15 is 0 Å². The SMILES string of the molecule is C[C@]12C=C3C(=O)NC1CC[C@@H]1[C@H]2CC[C@]2(C)C3CC[C@@H]12.NC(=O)Cc1ccccc1Cl. The molecule has 4 nitrogen and oxygen atoms in total. The van der Waals surface area contributed by atoms with Crippen molar-refractivity contribution in [2.24, 2.45) is 40.2 Å². The molecule has 1 aromatic carbocycles. The number of hydrogen-bond donors (Lipinski definition) is 2. The fourth-order valence-corrected chi connectivity index (χ4v) is 8.27. The first-order valence-corrected chi connectivity index (χ1v) is 12.2. The molecular weight excluding hydrogens is 408 g/mol. The molecule has 0 saturated heterocycles. The molecule has 6 aliphatic rings. The number of carbonyl (C=O) groups excluding carboxylic acids is 2. The molecule has 7 rings (SSSR count). The summed E-state index contributed by atoms with van der Waals surface area (Å²) in [6.07, 6.45) is 10.6. The van der Waals surface area contributed by atoms with Gasteiger partial charge in [0, 0.05) is 22.1 Å². The molecule has 1 heterocycles. The second-order valence-electron chi connectivity index (χ2n) is 10.9. The normalized spacial score (nSPS) is 41.5. The van der Waals surface area contributed by atoms with Gasteiger partial charge >= 0.3 is 0 Å². The van der Waals surface area contributed by atoms with Gasteiger partial charge in [-0.3, -0.25) is 9.59 Å². The fourth-order valence-electron chi connectivity index (χ4n) is 8.07. The summed E-state index contributed by atoms with van der Waals surface area (Å²) in [5.41, 5.74) is 7.60. The summed E-state index contributed by atoms with van der Waals surface area (Å²) in [4.78, 5) is 23.1. The molecule has 3 fully saturated rings. The van der Waals surface area contributed by atoms with Crippen LogP contribution in [0.15, 0.2) is 35.9 Å². The van der Waals surface area contributed by atoms with Crippen molar-refractivity contribution in [3.05, 3.63) is 46.5 Å². The van der Waals surface area contributed by atoms with E-state index in [1.165, 1.54) is 44.1 Å². The zero-order valence-corrected chi connectivity index (χ0v) is 19.3. The van der Waals surface area contributed by atoms with Gasteiger partial charge in [0.05, 0.1) is 6.42 Å². The fraction of sp³-hybridized carbons (Fsp3) is 0.615. The van der Waals surface area contributed by atoms with E-state index in [-0.39, 0.29) is 23.7 Å². The Balaban J connectivity index is 0.000000159. The van der Waals surface area contributed by atoms with Crippen LogP contribution in [-0.4, -0.2) is 17.9 Å². The molecule has 1 aromatic rings. The number of amides is 2. The van der Waals surface area contributed by atoms with Crippen LogP contribution < -0.4 is 11.1 Å². The van der Waals surface area contributed by atoms with E-state index in [1.54, 1.807) is 12.1 Å². The molecule has 1 aliphatic heterocycles. The van der Waals surface area contributed by atoms with E-state index in [2.05, 4.69) is 25.2 Å². The molecule has 166 valence electrons. The van der Waals surface area contributed by atoms with Gasteiger partial charge in [0.25, 0.3) is 0 Å². The van der Waals surface area contributed by atoms with E-state index in [0.717, 1.165) is 23.3 Å². The molecule has 0 radical (unpaired) electrons. The van der Waals surface area contributed by atoms with Crippen molar-refractivity contribution in [3.63, 3.8) is 0 Å². The van der Waals surface area contributed by atoms with E-state index in [9.17, 15) is 9.59 Å². The first kappa shape index (κ1) is 21.1. The Morgan fingerprint density at radius 3 is 2.65 bits per heavy atom. The van der Waals surface area contributed by atoms with Gasteiger partial charge in [-0.15, -0.1) is 0 Å². The number of rotatable bonds is 2. The molecular formula is C26H33ClN2O2. The Bertz CT molecular complexity index is 958. The summed E-state index contributed by atoms with van der Waals surface area (Å²) in [6, 6.07) is 7.56. The molecule has 0 aromatic heterocycles. The van der Waals surface area contributed by atoms with Gasteiger partial charge in [0.1, 0.15) is 0 Å². The van der Waals surface area contributed by atoms with Crippen molar-refractivity contribution < 1.29 is 9.59 Å². The van der Waals surface area contributed by atoms with Crippen molar-refractivity contribution >= 4 is 23.4 Å². The lowest BCUT2D eigenvalue weighted by Crippen LogP contribution is -2.62. The average molecular weight is 441 g/mol. The predicted molar refractivity (Wildman–Crippen MR) is 122 cm³/mol. The Morgan fingerprint density at radius 1 is 1.13 bits per heavy atom. The van der Waals surface area contributed by atoms with Crippen molar-refractivity contribution in [1.29, 1.82) is 0 Å². The van der Waals surface area contributed by atoms with Crippen LogP contribution in [0.3, 0.4) is 0 Å². The average Bonchev–Trinajstić information content (AvgIpc) is 3.06.